The van der Waals surface area contributed by atoms with Crippen molar-refractivity contribution in [1.82, 2.24) is 0 Å². The minimum absolute atomic E-state index is 0. The van der Waals surface area contributed by atoms with Gasteiger partial charge in [-0.05, 0) is 13.8 Å². The van der Waals surface area contributed by atoms with Gasteiger partial charge in [0.1, 0.15) is 6.04 Å². The number of likely N-dealkylation sites (N-methyl/N-ethyl adjacent to an activating group) is 1. The Labute approximate surface area is 145 Å². The van der Waals surface area contributed by atoms with Crippen LogP contribution in [-0.2, 0) is 4.79 Å². The smallest absolute Gasteiger partial charge is 0.273 e. The number of nitro groups is 1. The summed E-state index contributed by atoms with van der Waals surface area (Å²) >= 11 is 6.10. The first-order valence-electron chi connectivity index (χ1n) is 6.98. The molecule has 0 bridgehead atoms. The number of nitro benzene ring substituents is 1. The molecule has 1 aliphatic heterocycles. The van der Waals surface area contributed by atoms with Crippen LogP contribution in [0.25, 0.3) is 0 Å². The molecule has 7 nitrogen and oxygen atoms in total. The zero-order valence-electron chi connectivity index (χ0n) is 13.3. The summed E-state index contributed by atoms with van der Waals surface area (Å²) in [5.41, 5.74) is 0.194. The van der Waals surface area contributed by atoms with Gasteiger partial charge in [-0.3, -0.25) is 19.8 Å². The highest BCUT2D eigenvalue weighted by Gasteiger charge is 2.36. The molecule has 1 N–H and O–H groups in total. The lowest BCUT2D eigenvalue weighted by Crippen LogP contribution is -3.10. The maximum Gasteiger partial charge on any atom is 0.273 e. The third-order valence-corrected chi connectivity index (χ3v) is 4.14. The van der Waals surface area contributed by atoms with Gasteiger partial charge < -0.3 is 22.0 Å². The van der Waals surface area contributed by atoms with E-state index in [1.165, 1.54) is 21.9 Å². The van der Waals surface area contributed by atoms with E-state index in [4.69, 9.17) is 16.3 Å². The van der Waals surface area contributed by atoms with Gasteiger partial charge in [0, 0.05) is 12.1 Å². The van der Waals surface area contributed by atoms with Crippen molar-refractivity contribution in [2.45, 2.75) is 26.0 Å². The number of carbonyl (C=O) groups is 1. The predicted octanol–water partition coefficient (Wildman–Crippen LogP) is -2.10. The van der Waals surface area contributed by atoms with Crippen LogP contribution in [0.3, 0.4) is 0 Å². The molecule has 0 aliphatic carbocycles. The number of hydrogen-bond donors (Lipinski definition) is 1. The summed E-state index contributed by atoms with van der Waals surface area (Å²) in [6.07, 6.45) is -0.671. The van der Waals surface area contributed by atoms with Crippen LogP contribution in [0.5, 0.6) is 5.75 Å². The molecule has 0 fully saturated rings. The highest BCUT2D eigenvalue weighted by molar-refractivity contribution is 6.33. The zero-order valence-corrected chi connectivity index (χ0v) is 14.8. The van der Waals surface area contributed by atoms with Crippen molar-refractivity contribution in [1.29, 1.82) is 0 Å². The molecule has 2 rings (SSSR count). The normalized spacial score (nSPS) is 18.1. The number of ether oxygens (including phenoxy) is 1. The van der Waals surface area contributed by atoms with Gasteiger partial charge in [0.25, 0.3) is 11.6 Å². The van der Waals surface area contributed by atoms with Gasteiger partial charge in [0.2, 0.25) is 0 Å². The number of hydrogen-bond acceptors (Lipinski definition) is 4. The largest absolute Gasteiger partial charge is 1.00 e. The number of nitrogens with zero attached hydrogens (tertiary/aromatic N) is 2. The molecule has 23 heavy (non-hydrogen) atoms. The molecule has 0 saturated carbocycles. The summed E-state index contributed by atoms with van der Waals surface area (Å²) in [5.74, 6) is 0.0949. The number of rotatable bonds is 4. The number of non-ortho nitro benzene ring substituents is 1. The molecular formula is C14H19Cl2N3O4. The third-order valence-electron chi connectivity index (χ3n) is 3.86. The van der Waals surface area contributed by atoms with E-state index < -0.39 is 11.0 Å². The molecule has 9 heteroatoms. The fraction of sp³-hybridized carbons (Fsp3) is 0.500. The van der Waals surface area contributed by atoms with Crippen LogP contribution >= 0.6 is 11.6 Å². The highest BCUT2D eigenvalue weighted by Crippen LogP contribution is 2.42. The van der Waals surface area contributed by atoms with E-state index in [2.05, 4.69) is 0 Å². The van der Waals surface area contributed by atoms with Crippen molar-refractivity contribution in [3.05, 3.63) is 27.3 Å². The molecule has 2 unspecified atom stereocenters. The molecule has 0 spiro atoms. The number of fused-ring (bicyclic) bond motifs is 1. The standard InChI is InChI=1S/C14H18ClN3O4.ClH/c1-8(16(3)4)7-17-12-6-10(18(20)21)5-11(15)13(12)22-9(2)14(17)19;/h5-6,8-9H,7H2,1-4H3;1H. The van der Waals surface area contributed by atoms with Crippen LogP contribution in [0.2, 0.25) is 5.02 Å². The number of nitrogens with one attached hydrogen (secondary N) is 1. The van der Waals surface area contributed by atoms with Crippen LogP contribution in [0, 0.1) is 10.1 Å². The SMILES string of the molecule is CC1Oc2c(Cl)cc([N+](=O)[O-])cc2N(CC(C)[NH+](C)C)C1=O.[Cl-]. The van der Waals surface area contributed by atoms with Crippen molar-refractivity contribution in [3.63, 3.8) is 0 Å². The molecule has 1 heterocycles. The Balaban J connectivity index is 0.00000264. The Morgan fingerprint density at radius 1 is 1.48 bits per heavy atom. The monoisotopic (exact) mass is 363 g/mol. The summed E-state index contributed by atoms with van der Waals surface area (Å²) in [4.78, 5) is 25.6. The average molecular weight is 364 g/mol. The Hall–Kier alpha value is -1.57. The first kappa shape index (κ1) is 19.5. The van der Waals surface area contributed by atoms with Crippen molar-refractivity contribution in [3.8, 4) is 5.75 Å². The van der Waals surface area contributed by atoms with Crippen LogP contribution < -0.4 is 26.9 Å². The molecule has 1 aromatic carbocycles. The van der Waals surface area contributed by atoms with E-state index in [1.54, 1.807) is 6.92 Å². The fourth-order valence-corrected chi connectivity index (χ4v) is 2.45. The molecular weight excluding hydrogens is 345 g/mol. The molecule has 0 saturated heterocycles. The van der Waals surface area contributed by atoms with Gasteiger partial charge in [-0.1, -0.05) is 11.6 Å². The van der Waals surface area contributed by atoms with Crippen LogP contribution in [0.15, 0.2) is 12.1 Å². The van der Waals surface area contributed by atoms with E-state index in [0.717, 1.165) is 0 Å². The second-order valence-corrected chi connectivity index (χ2v) is 6.13. The lowest BCUT2D eigenvalue weighted by atomic mass is 10.1. The third kappa shape index (κ3) is 3.85. The Bertz CT molecular complexity index is 624. The Morgan fingerprint density at radius 3 is 2.61 bits per heavy atom. The van der Waals surface area contributed by atoms with Crippen molar-refractivity contribution >= 4 is 28.9 Å². The second kappa shape index (κ2) is 7.33. The first-order valence-corrected chi connectivity index (χ1v) is 7.36. The zero-order chi connectivity index (χ0) is 16.6. The number of quaternary nitrogens is 1. The van der Waals surface area contributed by atoms with E-state index >= 15 is 0 Å². The summed E-state index contributed by atoms with van der Waals surface area (Å²) in [6, 6.07) is 2.73. The number of halogens is 2. The molecule has 0 aromatic heterocycles. The molecule has 1 aliphatic rings. The number of amides is 1. The second-order valence-electron chi connectivity index (χ2n) is 5.72. The molecule has 1 aromatic rings. The predicted molar refractivity (Wildman–Crippen MR) is 82.8 cm³/mol. The van der Waals surface area contributed by atoms with E-state index in [0.29, 0.717) is 18.0 Å². The summed E-state index contributed by atoms with van der Waals surface area (Å²) in [6.45, 7) is 4.07. The topological polar surface area (TPSA) is 77.1 Å². The van der Waals surface area contributed by atoms with Crippen LogP contribution in [0.4, 0.5) is 11.4 Å². The fourth-order valence-electron chi connectivity index (χ4n) is 2.20. The van der Waals surface area contributed by atoms with Crippen LogP contribution in [-0.4, -0.2) is 43.6 Å². The van der Waals surface area contributed by atoms with E-state index in [9.17, 15) is 14.9 Å². The molecule has 2 atom stereocenters. The minimum Gasteiger partial charge on any atom is -1.00 e. The van der Waals surface area contributed by atoms with Gasteiger partial charge in [-0.25, -0.2) is 0 Å². The van der Waals surface area contributed by atoms with Crippen molar-refractivity contribution in [2.24, 2.45) is 0 Å². The first-order chi connectivity index (χ1) is 10.2. The maximum atomic E-state index is 12.4. The van der Waals surface area contributed by atoms with Gasteiger partial charge in [-0.2, -0.15) is 0 Å². The Morgan fingerprint density at radius 2 is 2.09 bits per heavy atom. The van der Waals surface area contributed by atoms with Gasteiger partial charge in [0.15, 0.2) is 11.9 Å². The molecule has 128 valence electrons. The van der Waals surface area contributed by atoms with E-state index in [1.807, 2.05) is 21.0 Å². The molecule has 0 radical (unpaired) electrons. The quantitative estimate of drug-likeness (QED) is 0.491. The number of benzene rings is 1. The summed E-state index contributed by atoms with van der Waals surface area (Å²) < 4.78 is 5.53. The number of carbonyl (C=O) groups excluding carboxylic acids is 1. The van der Waals surface area contributed by atoms with Gasteiger partial charge in [0.05, 0.1) is 36.3 Å². The van der Waals surface area contributed by atoms with Crippen molar-refractivity contribution < 1.29 is 31.8 Å². The lowest BCUT2D eigenvalue weighted by Gasteiger charge is -2.35. The molecule has 1 amide bonds. The summed E-state index contributed by atoms with van der Waals surface area (Å²) in [7, 11) is 3.97. The van der Waals surface area contributed by atoms with Gasteiger partial charge >= 0.3 is 0 Å². The van der Waals surface area contributed by atoms with Crippen molar-refractivity contribution in [2.75, 3.05) is 25.5 Å². The maximum absolute atomic E-state index is 12.4. The summed E-state index contributed by atoms with van der Waals surface area (Å²) in [5, 5.41) is 11.2. The van der Waals surface area contributed by atoms with E-state index in [-0.39, 0.29) is 35.1 Å². The average Bonchev–Trinajstić information content (AvgIpc) is 2.44. The highest BCUT2D eigenvalue weighted by atomic mass is 35.5. The number of anilines is 1. The minimum atomic E-state index is -0.671. The van der Waals surface area contributed by atoms with Crippen LogP contribution in [0.1, 0.15) is 13.8 Å². The van der Waals surface area contributed by atoms with Gasteiger partial charge in [-0.15, -0.1) is 0 Å². The Kier molecular flexibility index (Phi) is 6.21. The lowest BCUT2D eigenvalue weighted by molar-refractivity contribution is -0.881.